The first-order chi connectivity index (χ1) is 18.5. The highest BCUT2D eigenvalue weighted by atomic mass is 35.5. The Morgan fingerprint density at radius 2 is 1.39 bits per heavy atom. The van der Waals surface area contributed by atoms with Gasteiger partial charge in [-0.2, -0.15) is 9.97 Å². The van der Waals surface area contributed by atoms with Crippen molar-refractivity contribution in [3.8, 4) is 17.8 Å². The fraction of sp³-hybridized carbons (Fsp3) is 0.207. The standard InChI is InChI=1S/C29H27ClN2O6/c1-35-24-19-25(36-2)32-28(31-24)38-26(27(33)34)29(21-9-5-3-6-10-21,22-11-7-4-8-12-22)37-18-17-20-13-15-23(30)16-14-20/h3-16,19,26H,17-18H2,1-2H3,(H,33,34). The number of ether oxygens (including phenoxy) is 4. The van der Waals surface area contributed by atoms with E-state index in [4.69, 9.17) is 30.5 Å². The second kappa shape index (κ2) is 12.4. The highest BCUT2D eigenvalue weighted by molar-refractivity contribution is 6.30. The van der Waals surface area contributed by atoms with Crippen LogP contribution in [0.5, 0.6) is 17.8 Å². The summed E-state index contributed by atoms with van der Waals surface area (Å²) in [6, 6.07) is 26.8. The maximum atomic E-state index is 12.9. The van der Waals surface area contributed by atoms with Crippen molar-refractivity contribution in [2.75, 3.05) is 20.8 Å². The highest BCUT2D eigenvalue weighted by Gasteiger charge is 2.50. The summed E-state index contributed by atoms with van der Waals surface area (Å²) in [5.41, 5.74) is 0.590. The van der Waals surface area contributed by atoms with E-state index in [9.17, 15) is 9.90 Å². The van der Waals surface area contributed by atoms with Gasteiger partial charge < -0.3 is 24.1 Å². The van der Waals surface area contributed by atoms with Crippen molar-refractivity contribution in [1.82, 2.24) is 9.97 Å². The summed E-state index contributed by atoms with van der Waals surface area (Å²) in [6.45, 7) is 0.181. The van der Waals surface area contributed by atoms with Gasteiger partial charge in [0, 0.05) is 5.02 Å². The molecule has 0 spiro atoms. The van der Waals surface area contributed by atoms with Crippen molar-refractivity contribution in [2.24, 2.45) is 0 Å². The van der Waals surface area contributed by atoms with Crippen LogP contribution < -0.4 is 14.2 Å². The van der Waals surface area contributed by atoms with Crippen molar-refractivity contribution in [2.45, 2.75) is 18.1 Å². The molecule has 0 saturated carbocycles. The lowest BCUT2D eigenvalue weighted by Gasteiger charge is -2.39. The van der Waals surface area contributed by atoms with Gasteiger partial charge in [-0.05, 0) is 35.2 Å². The predicted molar refractivity (Wildman–Crippen MR) is 142 cm³/mol. The van der Waals surface area contributed by atoms with Gasteiger partial charge in [-0.1, -0.05) is 84.4 Å². The van der Waals surface area contributed by atoms with Gasteiger partial charge in [0.2, 0.25) is 17.9 Å². The molecule has 9 heteroatoms. The SMILES string of the molecule is COc1cc(OC)nc(OC(C(=O)O)C(OCCc2ccc(Cl)cc2)(c2ccccc2)c2ccccc2)n1. The maximum absolute atomic E-state index is 12.9. The van der Waals surface area contributed by atoms with Gasteiger partial charge in [-0.3, -0.25) is 0 Å². The largest absolute Gasteiger partial charge is 0.481 e. The van der Waals surface area contributed by atoms with E-state index in [0.29, 0.717) is 22.6 Å². The number of aliphatic carboxylic acids is 1. The summed E-state index contributed by atoms with van der Waals surface area (Å²) >= 11 is 6.03. The van der Waals surface area contributed by atoms with Gasteiger partial charge in [0.15, 0.2) is 5.60 Å². The normalized spacial score (nSPS) is 12.0. The molecule has 0 aliphatic rings. The van der Waals surface area contributed by atoms with Crippen molar-refractivity contribution in [1.29, 1.82) is 0 Å². The molecule has 0 bridgehead atoms. The molecule has 1 unspecified atom stereocenters. The average molecular weight is 535 g/mol. The van der Waals surface area contributed by atoms with Gasteiger partial charge in [0.1, 0.15) is 0 Å². The first-order valence-electron chi connectivity index (χ1n) is 11.8. The van der Waals surface area contributed by atoms with Crippen molar-refractivity contribution >= 4 is 17.6 Å². The highest BCUT2D eigenvalue weighted by Crippen LogP contribution is 2.39. The smallest absolute Gasteiger partial charge is 0.348 e. The van der Waals surface area contributed by atoms with Crippen LogP contribution in [0.15, 0.2) is 91.0 Å². The van der Waals surface area contributed by atoms with E-state index in [1.807, 2.05) is 72.8 Å². The summed E-state index contributed by atoms with van der Waals surface area (Å²) in [5, 5.41) is 11.2. The maximum Gasteiger partial charge on any atom is 0.348 e. The third-order valence-corrected chi connectivity index (χ3v) is 6.18. The van der Waals surface area contributed by atoms with E-state index in [1.165, 1.54) is 20.3 Å². The quantitative estimate of drug-likeness (QED) is 0.265. The van der Waals surface area contributed by atoms with Gasteiger partial charge in [0.05, 0.1) is 26.9 Å². The number of nitrogens with zero attached hydrogens (tertiary/aromatic N) is 2. The van der Waals surface area contributed by atoms with E-state index in [2.05, 4.69) is 9.97 Å². The van der Waals surface area contributed by atoms with Crippen molar-refractivity contribution in [3.63, 3.8) is 0 Å². The fourth-order valence-corrected chi connectivity index (χ4v) is 4.25. The molecule has 0 saturated heterocycles. The molecule has 0 aliphatic carbocycles. The zero-order chi connectivity index (χ0) is 27.0. The fourth-order valence-electron chi connectivity index (χ4n) is 4.12. The Morgan fingerprint density at radius 1 is 0.868 bits per heavy atom. The second-order valence-corrected chi connectivity index (χ2v) is 8.70. The molecular weight excluding hydrogens is 508 g/mol. The Balaban J connectivity index is 1.82. The number of rotatable bonds is 12. The van der Waals surface area contributed by atoms with Crippen LogP contribution >= 0.6 is 11.6 Å². The number of hydrogen-bond acceptors (Lipinski definition) is 7. The molecule has 1 aromatic heterocycles. The van der Waals surface area contributed by atoms with Gasteiger partial charge in [-0.25, -0.2) is 4.79 Å². The van der Waals surface area contributed by atoms with Gasteiger partial charge >= 0.3 is 12.0 Å². The zero-order valence-corrected chi connectivity index (χ0v) is 21.7. The number of methoxy groups -OCH3 is 2. The first-order valence-corrected chi connectivity index (χ1v) is 12.2. The lowest BCUT2D eigenvalue weighted by molar-refractivity contribution is -0.164. The second-order valence-electron chi connectivity index (χ2n) is 8.26. The Hall–Kier alpha value is -4.14. The van der Waals surface area contributed by atoms with Crippen LogP contribution in [0.25, 0.3) is 0 Å². The minimum atomic E-state index is -1.59. The molecule has 0 radical (unpaired) electrons. The predicted octanol–water partition coefficient (Wildman–Crippen LogP) is 5.18. The van der Waals surface area contributed by atoms with Gasteiger partial charge in [0.25, 0.3) is 0 Å². The third-order valence-electron chi connectivity index (χ3n) is 5.93. The van der Waals surface area contributed by atoms with Crippen LogP contribution in [0.1, 0.15) is 16.7 Å². The van der Waals surface area contributed by atoms with Crippen LogP contribution in [0.3, 0.4) is 0 Å². The van der Waals surface area contributed by atoms with Crippen LogP contribution in [-0.4, -0.2) is 48.0 Å². The molecule has 0 amide bonds. The summed E-state index contributed by atoms with van der Waals surface area (Å²) in [6.07, 6.45) is -1.08. The minimum absolute atomic E-state index is 0.157. The van der Waals surface area contributed by atoms with Gasteiger partial charge in [-0.15, -0.1) is 0 Å². The molecule has 196 valence electrons. The number of carboxylic acids is 1. The van der Waals surface area contributed by atoms with Crippen LogP contribution in [0, 0.1) is 0 Å². The number of halogens is 1. The summed E-state index contributed by atoms with van der Waals surface area (Å²) in [7, 11) is 2.86. The number of aromatic nitrogens is 2. The molecule has 8 nitrogen and oxygen atoms in total. The molecule has 4 aromatic rings. The zero-order valence-electron chi connectivity index (χ0n) is 20.9. The van der Waals surface area contributed by atoms with E-state index < -0.39 is 17.7 Å². The van der Waals surface area contributed by atoms with Crippen LogP contribution in [0.4, 0.5) is 0 Å². The molecule has 38 heavy (non-hydrogen) atoms. The summed E-state index contributed by atoms with van der Waals surface area (Å²) < 4.78 is 23.1. The first kappa shape index (κ1) is 26.9. The van der Waals surface area contributed by atoms with Crippen molar-refractivity contribution < 1.29 is 28.8 Å². The Kier molecular flexibility index (Phi) is 8.78. The number of carbonyl (C=O) groups is 1. The monoisotopic (exact) mass is 534 g/mol. The van der Waals surface area contributed by atoms with Crippen LogP contribution in [0.2, 0.25) is 5.02 Å². The Labute approximate surface area is 225 Å². The molecule has 1 N–H and O–H groups in total. The van der Waals surface area contributed by atoms with E-state index >= 15 is 0 Å². The summed E-state index contributed by atoms with van der Waals surface area (Å²) in [5.74, 6) is -0.955. The molecule has 3 aromatic carbocycles. The molecule has 4 rings (SSSR count). The number of carboxylic acid groups (broad SMARTS) is 1. The lowest BCUT2D eigenvalue weighted by Crippen LogP contribution is -2.51. The minimum Gasteiger partial charge on any atom is -0.481 e. The van der Waals surface area contributed by atoms with Crippen LogP contribution in [-0.2, 0) is 21.6 Å². The average Bonchev–Trinajstić information content (AvgIpc) is 2.96. The van der Waals surface area contributed by atoms with E-state index in [-0.39, 0.29) is 24.4 Å². The summed E-state index contributed by atoms with van der Waals surface area (Å²) in [4.78, 5) is 21.3. The third kappa shape index (κ3) is 6.04. The Bertz CT molecular complexity index is 1270. The number of hydrogen-bond donors (Lipinski definition) is 1. The Morgan fingerprint density at radius 3 is 1.87 bits per heavy atom. The molecule has 1 heterocycles. The van der Waals surface area contributed by atoms with Crippen molar-refractivity contribution in [3.05, 3.63) is 113 Å². The number of benzene rings is 3. The topological polar surface area (TPSA) is 100 Å². The molecule has 1 atom stereocenters. The lowest BCUT2D eigenvalue weighted by atomic mass is 9.81. The molecule has 0 aliphatic heterocycles. The molecule has 0 fully saturated rings. The van der Waals surface area contributed by atoms with E-state index in [0.717, 1.165) is 5.56 Å². The van der Waals surface area contributed by atoms with E-state index in [1.54, 1.807) is 12.1 Å². The molecular formula is C29H27ClN2O6.